The fraction of sp³-hybridized carbons (Fsp3) is 0. The third-order valence-electron chi connectivity index (χ3n) is 4.50. The molecule has 4 aromatic rings. The van der Waals surface area contributed by atoms with Gasteiger partial charge in [-0.25, -0.2) is 8.78 Å². The summed E-state index contributed by atoms with van der Waals surface area (Å²) in [6, 6.07) is 16.7. The van der Waals surface area contributed by atoms with Crippen molar-refractivity contribution >= 4 is 52.8 Å². The predicted molar refractivity (Wildman–Crippen MR) is 123 cm³/mol. The molecular formula is C25H16F2OS2. The first kappa shape index (κ1) is 20.1. The average molecular weight is 435 g/mol. The summed E-state index contributed by atoms with van der Waals surface area (Å²) in [7, 11) is 0. The lowest BCUT2D eigenvalue weighted by atomic mass is 10.1. The van der Waals surface area contributed by atoms with Crippen molar-refractivity contribution in [3.63, 3.8) is 0 Å². The molecule has 4 rings (SSSR count). The Kier molecular flexibility index (Phi) is 6.12. The molecular weight excluding hydrogens is 418 g/mol. The molecule has 0 saturated carbocycles. The van der Waals surface area contributed by atoms with Crippen LogP contribution in [0.25, 0.3) is 24.3 Å². The van der Waals surface area contributed by atoms with Crippen LogP contribution in [0, 0.1) is 11.6 Å². The van der Waals surface area contributed by atoms with Gasteiger partial charge in [0, 0.05) is 11.1 Å². The molecule has 2 aromatic carbocycles. The van der Waals surface area contributed by atoms with E-state index in [1.165, 1.54) is 34.8 Å². The molecule has 0 amide bonds. The minimum atomic E-state index is -0.310. The molecule has 5 heteroatoms. The highest BCUT2D eigenvalue weighted by molar-refractivity contribution is 7.16. The van der Waals surface area contributed by atoms with E-state index in [4.69, 9.17) is 0 Å². The maximum absolute atomic E-state index is 13.9. The molecule has 0 radical (unpaired) electrons. The van der Waals surface area contributed by atoms with Crippen LogP contribution >= 0.6 is 22.7 Å². The Hall–Kier alpha value is -3.15. The Morgan fingerprint density at radius 1 is 0.600 bits per heavy atom. The topological polar surface area (TPSA) is 17.1 Å². The van der Waals surface area contributed by atoms with E-state index in [-0.39, 0.29) is 17.4 Å². The molecule has 2 aromatic heterocycles. The first-order valence-corrected chi connectivity index (χ1v) is 10.9. The van der Waals surface area contributed by atoms with E-state index >= 15 is 0 Å². The summed E-state index contributed by atoms with van der Waals surface area (Å²) in [4.78, 5) is 14.3. The van der Waals surface area contributed by atoms with Crippen molar-refractivity contribution in [2.45, 2.75) is 0 Å². The number of benzene rings is 2. The van der Waals surface area contributed by atoms with Crippen LogP contribution in [-0.2, 0) is 0 Å². The van der Waals surface area contributed by atoms with Crippen LogP contribution in [-0.4, -0.2) is 5.78 Å². The zero-order valence-corrected chi connectivity index (χ0v) is 17.4. The van der Waals surface area contributed by atoms with Crippen molar-refractivity contribution in [2.75, 3.05) is 0 Å². The van der Waals surface area contributed by atoms with Gasteiger partial charge in [-0.3, -0.25) is 4.79 Å². The lowest BCUT2D eigenvalue weighted by molar-refractivity contribution is 0.104. The second kappa shape index (κ2) is 9.11. The van der Waals surface area contributed by atoms with Gasteiger partial charge in [0.1, 0.15) is 11.6 Å². The number of thiophene rings is 2. The zero-order chi connectivity index (χ0) is 20.9. The molecule has 1 nitrogen and oxygen atoms in total. The Balaban J connectivity index is 1.60. The monoisotopic (exact) mass is 434 g/mol. The standard InChI is InChI=1S/C25H16F2OS2/c26-21-7-3-1-5-17(21)9-11-19-13-15-29-24(19)23(28)25-20(14-16-30-25)12-10-18-6-2-4-8-22(18)27/h1-16H. The van der Waals surface area contributed by atoms with E-state index in [0.29, 0.717) is 20.9 Å². The summed E-state index contributed by atoms with van der Waals surface area (Å²) in [5, 5.41) is 3.69. The largest absolute Gasteiger partial charge is 0.287 e. The summed E-state index contributed by atoms with van der Waals surface area (Å²) in [6.45, 7) is 0. The van der Waals surface area contributed by atoms with Gasteiger partial charge in [-0.15, -0.1) is 22.7 Å². The van der Waals surface area contributed by atoms with Crippen molar-refractivity contribution < 1.29 is 13.6 Å². The van der Waals surface area contributed by atoms with Gasteiger partial charge in [-0.05, 0) is 46.2 Å². The Bertz CT molecular complexity index is 1150. The summed E-state index contributed by atoms with van der Waals surface area (Å²) < 4.78 is 27.7. The van der Waals surface area contributed by atoms with Gasteiger partial charge in [-0.2, -0.15) is 0 Å². The highest BCUT2D eigenvalue weighted by Crippen LogP contribution is 2.28. The number of ketones is 1. The second-order valence-electron chi connectivity index (χ2n) is 6.45. The zero-order valence-electron chi connectivity index (χ0n) is 15.7. The number of rotatable bonds is 6. The van der Waals surface area contributed by atoms with Crippen LogP contribution in [0.4, 0.5) is 8.78 Å². The Labute approximate surface area is 181 Å². The molecule has 148 valence electrons. The van der Waals surface area contributed by atoms with E-state index in [1.54, 1.807) is 60.7 Å². The summed E-state index contributed by atoms with van der Waals surface area (Å²) in [5.41, 5.74) is 2.41. The van der Waals surface area contributed by atoms with Gasteiger partial charge >= 0.3 is 0 Å². The number of halogens is 2. The molecule has 0 saturated heterocycles. The molecule has 0 aliphatic rings. The van der Waals surface area contributed by atoms with Crippen LogP contribution < -0.4 is 0 Å². The molecule has 30 heavy (non-hydrogen) atoms. The van der Waals surface area contributed by atoms with Gasteiger partial charge in [0.15, 0.2) is 0 Å². The maximum atomic E-state index is 13.9. The van der Waals surface area contributed by atoms with Crippen molar-refractivity contribution in [1.82, 2.24) is 0 Å². The number of carbonyl (C=O) groups excluding carboxylic acids is 1. The minimum Gasteiger partial charge on any atom is -0.287 e. The van der Waals surface area contributed by atoms with E-state index < -0.39 is 0 Å². The molecule has 0 aliphatic carbocycles. The van der Waals surface area contributed by atoms with E-state index in [1.807, 2.05) is 22.9 Å². The predicted octanol–water partition coefficient (Wildman–Crippen LogP) is 7.66. The van der Waals surface area contributed by atoms with Crippen LogP contribution in [0.2, 0.25) is 0 Å². The van der Waals surface area contributed by atoms with E-state index in [9.17, 15) is 13.6 Å². The van der Waals surface area contributed by atoms with Gasteiger partial charge in [0.2, 0.25) is 5.78 Å². The highest BCUT2D eigenvalue weighted by Gasteiger charge is 2.18. The lowest BCUT2D eigenvalue weighted by Crippen LogP contribution is -1.99. The van der Waals surface area contributed by atoms with Gasteiger partial charge < -0.3 is 0 Å². The Morgan fingerprint density at radius 3 is 1.43 bits per heavy atom. The smallest absolute Gasteiger partial charge is 0.214 e. The third kappa shape index (κ3) is 4.37. The van der Waals surface area contributed by atoms with E-state index in [0.717, 1.165) is 11.1 Å². The molecule has 0 aliphatic heterocycles. The van der Waals surface area contributed by atoms with Crippen LogP contribution in [0.5, 0.6) is 0 Å². The fourth-order valence-corrected chi connectivity index (χ4v) is 4.68. The van der Waals surface area contributed by atoms with Gasteiger partial charge in [-0.1, -0.05) is 60.7 Å². The molecule has 0 spiro atoms. The SMILES string of the molecule is O=C(c1sccc1C=Cc1ccccc1F)c1sccc1C=Cc1ccccc1F. The summed E-state index contributed by atoms with van der Waals surface area (Å²) >= 11 is 2.70. The maximum Gasteiger partial charge on any atom is 0.214 e. The van der Waals surface area contributed by atoms with Crippen molar-refractivity contribution in [1.29, 1.82) is 0 Å². The minimum absolute atomic E-state index is 0.0960. The third-order valence-corrected chi connectivity index (χ3v) is 6.36. The number of hydrogen-bond acceptors (Lipinski definition) is 3. The van der Waals surface area contributed by atoms with Gasteiger partial charge in [0.25, 0.3) is 0 Å². The van der Waals surface area contributed by atoms with Crippen LogP contribution in [0.1, 0.15) is 36.8 Å². The molecule has 2 heterocycles. The van der Waals surface area contributed by atoms with Crippen molar-refractivity contribution in [3.8, 4) is 0 Å². The average Bonchev–Trinajstić information content (AvgIpc) is 3.41. The highest BCUT2D eigenvalue weighted by atomic mass is 32.1. The van der Waals surface area contributed by atoms with Crippen LogP contribution in [0.15, 0.2) is 71.4 Å². The normalized spacial score (nSPS) is 11.5. The molecule has 0 fully saturated rings. The first-order chi connectivity index (χ1) is 14.6. The molecule has 0 bridgehead atoms. The Morgan fingerprint density at radius 2 is 1.00 bits per heavy atom. The molecule has 0 unspecified atom stereocenters. The number of carbonyl (C=O) groups is 1. The fourth-order valence-electron chi connectivity index (χ4n) is 2.95. The first-order valence-electron chi connectivity index (χ1n) is 9.18. The molecule has 0 atom stereocenters. The van der Waals surface area contributed by atoms with E-state index in [2.05, 4.69) is 0 Å². The van der Waals surface area contributed by atoms with Crippen molar-refractivity contribution in [3.05, 3.63) is 115 Å². The summed E-state index contributed by atoms with van der Waals surface area (Å²) in [6.07, 6.45) is 6.85. The summed E-state index contributed by atoms with van der Waals surface area (Å²) in [5.74, 6) is -0.715. The van der Waals surface area contributed by atoms with Crippen molar-refractivity contribution in [2.24, 2.45) is 0 Å². The second-order valence-corrected chi connectivity index (χ2v) is 8.28. The molecule has 0 N–H and O–H groups in total. The number of hydrogen-bond donors (Lipinski definition) is 0. The van der Waals surface area contributed by atoms with Crippen LogP contribution in [0.3, 0.4) is 0 Å². The quantitative estimate of drug-likeness (QED) is 0.285. The van der Waals surface area contributed by atoms with Gasteiger partial charge in [0.05, 0.1) is 9.75 Å². The lowest BCUT2D eigenvalue weighted by Gasteiger charge is -2.01.